The summed E-state index contributed by atoms with van der Waals surface area (Å²) in [6.45, 7) is 3.32. The van der Waals surface area contributed by atoms with E-state index < -0.39 is 0 Å². The van der Waals surface area contributed by atoms with Crippen molar-refractivity contribution in [3.63, 3.8) is 0 Å². The van der Waals surface area contributed by atoms with E-state index in [2.05, 4.69) is 0 Å². The zero-order valence-corrected chi connectivity index (χ0v) is 11.0. The van der Waals surface area contributed by atoms with Gasteiger partial charge in [-0.1, -0.05) is 18.2 Å². The number of para-hydroxylation sites is 1. The Morgan fingerprint density at radius 3 is 3.05 bits per heavy atom. The topological polar surface area (TPSA) is 59.0 Å². The lowest BCUT2D eigenvalue weighted by atomic mass is 10.2. The molecule has 1 aliphatic heterocycles. The lowest BCUT2D eigenvalue weighted by Crippen LogP contribution is -2.48. The molecule has 1 saturated heterocycles. The Balaban J connectivity index is 1.86. The standard InChI is InChI=1S/C14H19NO4/c1-11-4-2-3-5-13(11)19-10-14(17)15-6-7-18-12(8-15)9-16/h2-5,12,16H,6-10H2,1H3. The molecule has 0 aliphatic carbocycles. The predicted octanol–water partition coefficient (Wildman–Crippen LogP) is 0.594. The number of ether oxygens (including phenoxy) is 2. The van der Waals surface area contributed by atoms with Crippen LogP contribution in [0.2, 0.25) is 0 Å². The largest absolute Gasteiger partial charge is 0.484 e. The molecule has 1 aliphatic rings. The van der Waals surface area contributed by atoms with E-state index in [1.807, 2.05) is 31.2 Å². The van der Waals surface area contributed by atoms with E-state index in [4.69, 9.17) is 14.6 Å². The minimum absolute atomic E-state index is 0.0169. The molecule has 1 atom stereocenters. The summed E-state index contributed by atoms with van der Waals surface area (Å²) in [5.74, 6) is 0.646. The van der Waals surface area contributed by atoms with Crippen molar-refractivity contribution in [3.05, 3.63) is 29.8 Å². The Morgan fingerprint density at radius 1 is 1.53 bits per heavy atom. The van der Waals surface area contributed by atoms with Crippen LogP contribution >= 0.6 is 0 Å². The van der Waals surface area contributed by atoms with Gasteiger partial charge in [0.2, 0.25) is 0 Å². The second-order valence-electron chi connectivity index (χ2n) is 4.57. The van der Waals surface area contributed by atoms with Gasteiger partial charge in [-0.25, -0.2) is 0 Å². The highest BCUT2D eigenvalue weighted by molar-refractivity contribution is 5.78. The molecule has 19 heavy (non-hydrogen) atoms. The number of aliphatic hydroxyl groups excluding tert-OH is 1. The number of morpholine rings is 1. The molecule has 0 spiro atoms. The van der Waals surface area contributed by atoms with E-state index in [9.17, 15) is 4.79 Å². The molecule has 1 heterocycles. The number of nitrogens with zero attached hydrogens (tertiary/aromatic N) is 1. The van der Waals surface area contributed by atoms with Gasteiger partial charge in [0.1, 0.15) is 5.75 Å². The molecule has 5 nitrogen and oxygen atoms in total. The van der Waals surface area contributed by atoms with Crippen molar-refractivity contribution in [2.45, 2.75) is 13.0 Å². The van der Waals surface area contributed by atoms with E-state index in [1.54, 1.807) is 4.90 Å². The highest BCUT2D eigenvalue weighted by Crippen LogP contribution is 2.16. The van der Waals surface area contributed by atoms with Crippen molar-refractivity contribution in [2.24, 2.45) is 0 Å². The molecule has 1 amide bonds. The van der Waals surface area contributed by atoms with Gasteiger partial charge in [-0.15, -0.1) is 0 Å². The molecule has 5 heteroatoms. The van der Waals surface area contributed by atoms with Crippen LogP contribution in [0.15, 0.2) is 24.3 Å². The van der Waals surface area contributed by atoms with Crippen LogP contribution in [0.3, 0.4) is 0 Å². The number of carbonyl (C=O) groups is 1. The Morgan fingerprint density at radius 2 is 2.32 bits per heavy atom. The zero-order valence-electron chi connectivity index (χ0n) is 11.0. The normalized spacial score (nSPS) is 19.3. The van der Waals surface area contributed by atoms with Crippen LogP contribution in [0.4, 0.5) is 0 Å². The number of benzene rings is 1. The molecular weight excluding hydrogens is 246 g/mol. The fourth-order valence-corrected chi connectivity index (χ4v) is 2.01. The lowest BCUT2D eigenvalue weighted by molar-refractivity contribution is -0.142. The van der Waals surface area contributed by atoms with Crippen LogP contribution in [0, 0.1) is 6.92 Å². The van der Waals surface area contributed by atoms with Crippen molar-refractivity contribution >= 4 is 5.91 Å². The number of hydrogen-bond donors (Lipinski definition) is 1. The van der Waals surface area contributed by atoms with Crippen LogP contribution in [-0.4, -0.2) is 54.9 Å². The number of aryl methyl sites for hydroxylation is 1. The van der Waals surface area contributed by atoms with Gasteiger partial charge < -0.3 is 19.5 Å². The Hall–Kier alpha value is -1.59. The summed E-state index contributed by atoms with van der Waals surface area (Å²) in [4.78, 5) is 13.7. The van der Waals surface area contributed by atoms with Crippen molar-refractivity contribution in [3.8, 4) is 5.75 Å². The number of rotatable bonds is 4. The molecule has 1 fully saturated rings. The molecule has 0 bridgehead atoms. The van der Waals surface area contributed by atoms with Gasteiger partial charge in [-0.3, -0.25) is 4.79 Å². The summed E-state index contributed by atoms with van der Waals surface area (Å²) in [5.41, 5.74) is 1.01. The Labute approximate surface area is 112 Å². The second kappa shape index (κ2) is 6.54. The van der Waals surface area contributed by atoms with Crippen molar-refractivity contribution in [1.82, 2.24) is 4.90 Å². The monoisotopic (exact) mass is 265 g/mol. The van der Waals surface area contributed by atoms with Gasteiger partial charge in [0.25, 0.3) is 5.91 Å². The van der Waals surface area contributed by atoms with E-state index >= 15 is 0 Å². The first-order chi connectivity index (χ1) is 9.20. The molecular formula is C14H19NO4. The van der Waals surface area contributed by atoms with E-state index in [1.165, 1.54) is 0 Å². The van der Waals surface area contributed by atoms with E-state index in [0.717, 1.165) is 11.3 Å². The van der Waals surface area contributed by atoms with Crippen molar-refractivity contribution in [2.75, 3.05) is 32.9 Å². The smallest absolute Gasteiger partial charge is 0.260 e. The van der Waals surface area contributed by atoms with Gasteiger partial charge in [0, 0.05) is 13.1 Å². The van der Waals surface area contributed by atoms with E-state index in [0.29, 0.717) is 19.7 Å². The summed E-state index contributed by atoms with van der Waals surface area (Å²) in [7, 11) is 0. The maximum Gasteiger partial charge on any atom is 0.260 e. The van der Waals surface area contributed by atoms with Crippen LogP contribution in [0.25, 0.3) is 0 Å². The molecule has 0 aromatic heterocycles. The summed E-state index contributed by atoms with van der Waals surface area (Å²) >= 11 is 0. The number of hydrogen-bond acceptors (Lipinski definition) is 4. The van der Waals surface area contributed by atoms with Gasteiger partial charge in [-0.05, 0) is 18.6 Å². The Kier molecular flexibility index (Phi) is 4.76. The minimum Gasteiger partial charge on any atom is -0.484 e. The first kappa shape index (κ1) is 13.8. The highest BCUT2D eigenvalue weighted by Gasteiger charge is 2.23. The summed E-state index contributed by atoms with van der Waals surface area (Å²) in [5, 5.41) is 9.04. The molecule has 0 radical (unpaired) electrons. The van der Waals surface area contributed by atoms with Crippen molar-refractivity contribution in [1.29, 1.82) is 0 Å². The predicted molar refractivity (Wildman–Crippen MR) is 70.1 cm³/mol. The first-order valence-corrected chi connectivity index (χ1v) is 6.39. The summed E-state index contributed by atoms with van der Waals surface area (Å²) < 4.78 is 10.8. The van der Waals surface area contributed by atoms with Gasteiger partial charge in [0.05, 0.1) is 19.3 Å². The molecule has 0 saturated carbocycles. The van der Waals surface area contributed by atoms with Crippen LogP contribution in [0.1, 0.15) is 5.56 Å². The zero-order chi connectivity index (χ0) is 13.7. The van der Waals surface area contributed by atoms with E-state index in [-0.39, 0.29) is 25.2 Å². The highest BCUT2D eigenvalue weighted by atomic mass is 16.5. The van der Waals surface area contributed by atoms with Crippen LogP contribution < -0.4 is 4.74 Å². The third kappa shape index (κ3) is 3.68. The number of aliphatic hydroxyl groups is 1. The summed E-state index contributed by atoms with van der Waals surface area (Å²) in [6.07, 6.45) is -0.281. The molecule has 1 aromatic carbocycles. The fraction of sp³-hybridized carbons (Fsp3) is 0.500. The molecule has 1 unspecified atom stereocenters. The van der Waals surface area contributed by atoms with Crippen molar-refractivity contribution < 1.29 is 19.4 Å². The minimum atomic E-state index is -0.281. The van der Waals surface area contributed by atoms with Crippen LogP contribution in [0.5, 0.6) is 5.75 Å². The lowest BCUT2D eigenvalue weighted by Gasteiger charge is -2.32. The SMILES string of the molecule is Cc1ccccc1OCC(=O)N1CCOC(CO)C1. The van der Waals surface area contributed by atoms with Crippen LogP contribution in [-0.2, 0) is 9.53 Å². The first-order valence-electron chi connectivity index (χ1n) is 6.39. The third-order valence-electron chi connectivity index (χ3n) is 3.14. The maximum absolute atomic E-state index is 12.0. The van der Waals surface area contributed by atoms with Gasteiger partial charge in [-0.2, -0.15) is 0 Å². The third-order valence-corrected chi connectivity index (χ3v) is 3.14. The number of carbonyl (C=O) groups excluding carboxylic acids is 1. The molecule has 1 aromatic rings. The second-order valence-corrected chi connectivity index (χ2v) is 4.57. The quantitative estimate of drug-likeness (QED) is 0.866. The van der Waals surface area contributed by atoms with Gasteiger partial charge in [0.15, 0.2) is 6.61 Å². The average molecular weight is 265 g/mol. The number of amides is 1. The Bertz CT molecular complexity index is 435. The maximum atomic E-state index is 12.0. The van der Waals surface area contributed by atoms with Gasteiger partial charge >= 0.3 is 0 Å². The molecule has 104 valence electrons. The molecule has 2 rings (SSSR count). The molecule has 1 N–H and O–H groups in total. The fourth-order valence-electron chi connectivity index (χ4n) is 2.01. The summed E-state index contributed by atoms with van der Waals surface area (Å²) in [6, 6.07) is 7.59. The average Bonchev–Trinajstić information content (AvgIpc) is 2.46.